The van der Waals surface area contributed by atoms with E-state index in [0.717, 1.165) is 12.8 Å². The number of carbonyl (C=O) groups is 1. The van der Waals surface area contributed by atoms with E-state index in [-0.39, 0.29) is 29.1 Å². The summed E-state index contributed by atoms with van der Waals surface area (Å²) in [5.41, 5.74) is 5.67. The molecule has 8 heteroatoms. The van der Waals surface area contributed by atoms with E-state index in [0.29, 0.717) is 32.2 Å². The van der Waals surface area contributed by atoms with Crippen LogP contribution in [0.15, 0.2) is 18.2 Å². The van der Waals surface area contributed by atoms with Crippen LogP contribution >= 0.6 is 0 Å². The van der Waals surface area contributed by atoms with E-state index < -0.39 is 4.92 Å². The molecule has 2 aliphatic rings. The molecule has 0 aromatic heterocycles. The predicted molar refractivity (Wildman–Crippen MR) is 81.8 cm³/mol. The van der Waals surface area contributed by atoms with Gasteiger partial charge in [0.1, 0.15) is 5.69 Å². The van der Waals surface area contributed by atoms with Gasteiger partial charge in [-0.3, -0.25) is 14.9 Å². The van der Waals surface area contributed by atoms with E-state index in [1.807, 2.05) is 0 Å². The van der Waals surface area contributed by atoms with E-state index in [9.17, 15) is 14.9 Å². The number of carbonyl (C=O) groups excluding carboxylic acids is 1. The van der Waals surface area contributed by atoms with Gasteiger partial charge in [-0.15, -0.1) is 0 Å². The molecule has 8 nitrogen and oxygen atoms in total. The number of benzene rings is 1. The van der Waals surface area contributed by atoms with Crippen LogP contribution in [0.5, 0.6) is 0 Å². The average molecular weight is 321 g/mol. The number of amides is 1. The first-order valence-corrected chi connectivity index (χ1v) is 7.62. The quantitative estimate of drug-likeness (QED) is 0.512. The Hall–Kier alpha value is -2.19. The maximum atomic E-state index is 12.5. The molecule has 0 radical (unpaired) electrons. The number of ether oxygens (including phenoxy) is 2. The van der Waals surface area contributed by atoms with Crippen molar-refractivity contribution in [1.29, 1.82) is 0 Å². The van der Waals surface area contributed by atoms with Crippen LogP contribution in [0, 0.1) is 16.0 Å². The molecule has 2 fully saturated rings. The molecule has 2 saturated heterocycles. The predicted octanol–water partition coefficient (Wildman–Crippen LogP) is 1.40. The van der Waals surface area contributed by atoms with Crippen molar-refractivity contribution in [3.05, 3.63) is 33.9 Å². The Morgan fingerprint density at radius 2 is 1.91 bits per heavy atom. The second-order valence-electron chi connectivity index (χ2n) is 5.77. The summed E-state index contributed by atoms with van der Waals surface area (Å²) < 4.78 is 11.0. The van der Waals surface area contributed by atoms with Crippen molar-refractivity contribution >= 4 is 17.3 Å². The first kappa shape index (κ1) is 15.7. The highest BCUT2D eigenvalue weighted by Gasteiger charge is 2.32. The Bertz CT molecular complexity index is 607. The molecule has 1 amide bonds. The van der Waals surface area contributed by atoms with E-state index in [4.69, 9.17) is 15.2 Å². The molecule has 0 spiro atoms. The summed E-state index contributed by atoms with van der Waals surface area (Å²) in [5, 5.41) is 10.9. The molecule has 2 aliphatic heterocycles. The highest BCUT2D eigenvalue weighted by Crippen LogP contribution is 2.28. The molecule has 0 bridgehead atoms. The zero-order chi connectivity index (χ0) is 16.4. The number of hydrogen-bond acceptors (Lipinski definition) is 6. The minimum Gasteiger partial charge on any atom is -0.393 e. The molecule has 1 aromatic carbocycles. The molecule has 23 heavy (non-hydrogen) atoms. The largest absolute Gasteiger partial charge is 0.393 e. The minimum absolute atomic E-state index is 0.0563. The van der Waals surface area contributed by atoms with E-state index in [1.54, 1.807) is 4.90 Å². The number of nitro benzene ring substituents is 1. The standard InChI is InChI=1S/C15H19N3O5/c16-12-2-1-11(9-13(12)18(20)21)14(19)17-5-3-10(4-6-17)15-22-7-8-23-15/h1-2,9-10,15H,3-8,16H2. The van der Waals surface area contributed by atoms with Gasteiger partial charge in [-0.05, 0) is 25.0 Å². The van der Waals surface area contributed by atoms with Crippen LogP contribution in [0.3, 0.4) is 0 Å². The third-order valence-corrected chi connectivity index (χ3v) is 4.33. The lowest BCUT2D eigenvalue weighted by atomic mass is 9.95. The van der Waals surface area contributed by atoms with Gasteiger partial charge >= 0.3 is 0 Å². The smallest absolute Gasteiger partial charge is 0.292 e. The van der Waals surface area contributed by atoms with Gasteiger partial charge in [-0.2, -0.15) is 0 Å². The fourth-order valence-electron chi connectivity index (χ4n) is 3.04. The summed E-state index contributed by atoms with van der Waals surface area (Å²) in [6, 6.07) is 4.17. The van der Waals surface area contributed by atoms with E-state index in [1.165, 1.54) is 18.2 Å². The number of hydrogen-bond donors (Lipinski definition) is 1. The zero-order valence-electron chi connectivity index (χ0n) is 12.6. The summed E-state index contributed by atoms with van der Waals surface area (Å²) in [6.07, 6.45) is 1.44. The summed E-state index contributed by atoms with van der Waals surface area (Å²) in [4.78, 5) is 24.6. The third-order valence-electron chi connectivity index (χ3n) is 4.33. The van der Waals surface area contributed by atoms with E-state index in [2.05, 4.69) is 0 Å². The lowest BCUT2D eigenvalue weighted by molar-refractivity contribution is -0.383. The second kappa shape index (κ2) is 6.51. The van der Waals surface area contributed by atoms with Crippen LogP contribution in [0.2, 0.25) is 0 Å². The van der Waals surface area contributed by atoms with Gasteiger partial charge < -0.3 is 20.1 Å². The van der Waals surface area contributed by atoms with Crippen LogP contribution in [0.25, 0.3) is 0 Å². The molecule has 0 saturated carbocycles. The van der Waals surface area contributed by atoms with Crippen LogP contribution < -0.4 is 5.73 Å². The molecule has 2 heterocycles. The Balaban J connectivity index is 1.65. The third kappa shape index (κ3) is 3.27. The fraction of sp³-hybridized carbons (Fsp3) is 0.533. The maximum absolute atomic E-state index is 12.5. The van der Waals surface area contributed by atoms with Gasteiger partial charge in [-0.25, -0.2) is 0 Å². The van der Waals surface area contributed by atoms with Gasteiger partial charge in [0, 0.05) is 30.6 Å². The number of rotatable bonds is 3. The molecule has 1 aromatic rings. The van der Waals surface area contributed by atoms with Gasteiger partial charge in [0.25, 0.3) is 11.6 Å². The number of likely N-dealkylation sites (tertiary alicyclic amines) is 1. The highest BCUT2D eigenvalue weighted by molar-refractivity contribution is 5.95. The Kier molecular flexibility index (Phi) is 4.44. The SMILES string of the molecule is Nc1ccc(C(=O)N2CCC(C3OCCO3)CC2)cc1[N+](=O)[O-]. The average Bonchev–Trinajstić information content (AvgIpc) is 3.09. The molecule has 0 unspecified atom stereocenters. The zero-order valence-corrected chi connectivity index (χ0v) is 12.6. The molecule has 2 N–H and O–H groups in total. The van der Waals surface area contributed by atoms with Gasteiger partial charge in [-0.1, -0.05) is 0 Å². The summed E-state index contributed by atoms with van der Waals surface area (Å²) in [7, 11) is 0. The normalized spacial score (nSPS) is 19.9. The number of nitrogens with zero attached hydrogens (tertiary/aromatic N) is 2. The number of nitro groups is 1. The lowest BCUT2D eigenvalue weighted by Crippen LogP contribution is -2.41. The molecule has 3 rings (SSSR count). The first-order valence-electron chi connectivity index (χ1n) is 7.62. The van der Waals surface area contributed by atoms with Gasteiger partial charge in [0.2, 0.25) is 0 Å². The van der Waals surface area contributed by atoms with E-state index >= 15 is 0 Å². The summed E-state index contributed by atoms with van der Waals surface area (Å²) in [6.45, 7) is 2.42. The van der Waals surface area contributed by atoms with Crippen molar-refractivity contribution in [1.82, 2.24) is 4.90 Å². The van der Waals surface area contributed by atoms with Crippen LogP contribution in [0.1, 0.15) is 23.2 Å². The summed E-state index contributed by atoms with van der Waals surface area (Å²) >= 11 is 0. The number of nitrogen functional groups attached to an aromatic ring is 1. The van der Waals surface area contributed by atoms with Crippen LogP contribution in [0.4, 0.5) is 11.4 Å². The van der Waals surface area contributed by atoms with Gasteiger partial charge in [0.05, 0.1) is 18.1 Å². The second-order valence-corrected chi connectivity index (χ2v) is 5.77. The Morgan fingerprint density at radius 1 is 1.26 bits per heavy atom. The topological polar surface area (TPSA) is 108 Å². The molecule has 124 valence electrons. The number of nitrogens with two attached hydrogens (primary N) is 1. The monoisotopic (exact) mass is 321 g/mol. The minimum atomic E-state index is -0.576. The van der Waals surface area contributed by atoms with Gasteiger partial charge in [0.15, 0.2) is 6.29 Å². The molecule has 0 aliphatic carbocycles. The van der Waals surface area contributed by atoms with Crippen molar-refractivity contribution in [3.63, 3.8) is 0 Å². The maximum Gasteiger partial charge on any atom is 0.292 e. The van der Waals surface area contributed by atoms with Crippen LogP contribution in [-0.2, 0) is 9.47 Å². The molecule has 0 atom stereocenters. The Labute approximate surface area is 133 Å². The molecular weight excluding hydrogens is 302 g/mol. The van der Waals surface area contributed by atoms with Crippen molar-refractivity contribution in [3.8, 4) is 0 Å². The van der Waals surface area contributed by atoms with Crippen molar-refractivity contribution < 1.29 is 19.2 Å². The number of anilines is 1. The van der Waals surface area contributed by atoms with Crippen molar-refractivity contribution in [2.75, 3.05) is 32.0 Å². The Morgan fingerprint density at radius 3 is 2.52 bits per heavy atom. The van der Waals surface area contributed by atoms with Crippen molar-refractivity contribution in [2.24, 2.45) is 5.92 Å². The number of piperidine rings is 1. The fourth-order valence-corrected chi connectivity index (χ4v) is 3.04. The first-order chi connectivity index (χ1) is 11.1. The highest BCUT2D eigenvalue weighted by atomic mass is 16.7. The van der Waals surface area contributed by atoms with Crippen LogP contribution in [-0.4, -0.2) is 48.3 Å². The molecular formula is C15H19N3O5. The van der Waals surface area contributed by atoms with Crippen molar-refractivity contribution in [2.45, 2.75) is 19.1 Å². The lowest BCUT2D eigenvalue weighted by Gasteiger charge is -2.33. The summed E-state index contributed by atoms with van der Waals surface area (Å²) in [5.74, 6) is 0.0853.